The average Bonchev–Trinajstić information content (AvgIpc) is 3.14. The number of hydrogen-bond acceptors (Lipinski definition) is 6. The molecule has 0 amide bonds. The zero-order chi connectivity index (χ0) is 17.7. The van der Waals surface area contributed by atoms with Gasteiger partial charge < -0.3 is 15.7 Å². The Kier molecular flexibility index (Phi) is 3.85. The number of hydrogen-bond donors (Lipinski definition) is 2. The predicted molar refractivity (Wildman–Crippen MR) is 98.7 cm³/mol. The Morgan fingerprint density at radius 1 is 1.12 bits per heavy atom. The molecule has 1 fully saturated rings. The highest BCUT2D eigenvalue weighted by molar-refractivity contribution is 5.54. The van der Waals surface area contributed by atoms with Crippen molar-refractivity contribution in [1.82, 2.24) is 19.7 Å². The van der Waals surface area contributed by atoms with Crippen molar-refractivity contribution in [1.29, 1.82) is 0 Å². The molecule has 1 atom stereocenters. The molecule has 1 saturated carbocycles. The largest absolute Gasteiger partial charge is 0.386 e. The SMILES string of the molecule is Nc1nc2c(c(N3CCCn4nc([C@H](O)C5CCC5)cc4C3)n1)CCC2. The summed E-state index contributed by atoms with van der Waals surface area (Å²) >= 11 is 0. The van der Waals surface area contributed by atoms with Gasteiger partial charge in [0.05, 0.1) is 23.6 Å². The van der Waals surface area contributed by atoms with E-state index < -0.39 is 6.10 Å². The van der Waals surface area contributed by atoms with E-state index in [2.05, 4.69) is 25.6 Å². The first kappa shape index (κ1) is 16.1. The van der Waals surface area contributed by atoms with Crippen LogP contribution in [0.15, 0.2) is 6.07 Å². The van der Waals surface area contributed by atoms with Crippen molar-refractivity contribution in [2.45, 2.75) is 64.1 Å². The molecule has 0 aromatic carbocycles. The van der Waals surface area contributed by atoms with Crippen molar-refractivity contribution >= 4 is 11.8 Å². The highest BCUT2D eigenvalue weighted by Crippen LogP contribution is 2.38. The number of aryl methyl sites for hydroxylation is 2. The molecule has 7 heteroatoms. The molecule has 0 radical (unpaired) electrons. The van der Waals surface area contributed by atoms with Crippen LogP contribution in [-0.2, 0) is 25.9 Å². The Morgan fingerprint density at radius 3 is 2.81 bits per heavy atom. The van der Waals surface area contributed by atoms with Gasteiger partial charge in [-0.3, -0.25) is 4.68 Å². The fourth-order valence-electron chi connectivity index (χ4n) is 4.50. The molecule has 0 spiro atoms. The van der Waals surface area contributed by atoms with Crippen molar-refractivity contribution in [2.24, 2.45) is 5.92 Å². The van der Waals surface area contributed by atoms with Gasteiger partial charge in [0.2, 0.25) is 5.95 Å². The van der Waals surface area contributed by atoms with E-state index in [1.807, 2.05) is 0 Å². The topological polar surface area (TPSA) is 93.1 Å². The third-order valence-corrected chi connectivity index (χ3v) is 6.16. The fraction of sp³-hybridized carbons (Fsp3) is 0.632. The van der Waals surface area contributed by atoms with Gasteiger partial charge in [-0.15, -0.1) is 0 Å². The van der Waals surface area contributed by atoms with Crippen molar-refractivity contribution < 1.29 is 5.11 Å². The van der Waals surface area contributed by atoms with E-state index in [0.29, 0.717) is 11.9 Å². The number of rotatable bonds is 3. The van der Waals surface area contributed by atoms with Crippen LogP contribution >= 0.6 is 0 Å². The molecule has 1 aliphatic heterocycles. The van der Waals surface area contributed by atoms with E-state index in [1.165, 1.54) is 12.0 Å². The first-order valence-corrected chi connectivity index (χ1v) is 9.84. The van der Waals surface area contributed by atoms with Crippen molar-refractivity contribution in [3.8, 4) is 0 Å². The molecule has 138 valence electrons. The van der Waals surface area contributed by atoms with E-state index in [0.717, 1.165) is 81.1 Å². The second kappa shape index (κ2) is 6.23. The number of nitrogens with zero attached hydrogens (tertiary/aromatic N) is 5. The monoisotopic (exact) mass is 354 g/mol. The molecule has 7 nitrogen and oxygen atoms in total. The molecule has 5 rings (SSSR count). The average molecular weight is 354 g/mol. The lowest BCUT2D eigenvalue weighted by atomic mass is 9.80. The van der Waals surface area contributed by atoms with Gasteiger partial charge in [0, 0.05) is 18.7 Å². The summed E-state index contributed by atoms with van der Waals surface area (Å²) in [4.78, 5) is 11.3. The minimum atomic E-state index is -0.421. The van der Waals surface area contributed by atoms with E-state index >= 15 is 0 Å². The lowest BCUT2D eigenvalue weighted by Crippen LogP contribution is -2.26. The molecule has 3 heterocycles. The summed E-state index contributed by atoms with van der Waals surface area (Å²) in [6.07, 6.45) is 7.20. The Bertz CT molecular complexity index is 828. The van der Waals surface area contributed by atoms with E-state index in [4.69, 9.17) is 10.8 Å². The fourth-order valence-corrected chi connectivity index (χ4v) is 4.50. The summed E-state index contributed by atoms with van der Waals surface area (Å²) in [5, 5.41) is 15.3. The summed E-state index contributed by atoms with van der Waals surface area (Å²) in [7, 11) is 0. The third kappa shape index (κ3) is 2.65. The predicted octanol–water partition coefficient (Wildman–Crippen LogP) is 1.99. The summed E-state index contributed by atoms with van der Waals surface area (Å²) in [6, 6.07) is 2.09. The number of anilines is 2. The Labute approximate surface area is 153 Å². The first-order valence-electron chi connectivity index (χ1n) is 9.84. The molecule has 2 aromatic heterocycles. The zero-order valence-corrected chi connectivity index (χ0v) is 15.1. The quantitative estimate of drug-likeness (QED) is 0.875. The highest BCUT2D eigenvalue weighted by atomic mass is 16.3. The molecule has 3 N–H and O–H groups in total. The van der Waals surface area contributed by atoms with Crippen LogP contribution in [0.25, 0.3) is 0 Å². The van der Waals surface area contributed by atoms with Gasteiger partial charge in [-0.2, -0.15) is 10.1 Å². The number of nitrogens with two attached hydrogens (primary N) is 1. The van der Waals surface area contributed by atoms with Crippen LogP contribution in [0.3, 0.4) is 0 Å². The molecule has 2 aliphatic carbocycles. The molecular weight excluding hydrogens is 328 g/mol. The van der Waals surface area contributed by atoms with Gasteiger partial charge in [0.25, 0.3) is 0 Å². The van der Waals surface area contributed by atoms with Crippen LogP contribution in [0.2, 0.25) is 0 Å². The minimum Gasteiger partial charge on any atom is -0.386 e. The Hall–Kier alpha value is -2.15. The second-order valence-corrected chi connectivity index (χ2v) is 7.88. The number of aliphatic hydroxyl groups is 1. The molecular formula is C19H26N6O. The number of aliphatic hydroxyl groups excluding tert-OH is 1. The molecule has 0 saturated heterocycles. The summed E-state index contributed by atoms with van der Waals surface area (Å²) < 4.78 is 2.07. The maximum atomic E-state index is 10.6. The van der Waals surface area contributed by atoms with Crippen LogP contribution in [0.5, 0.6) is 0 Å². The smallest absolute Gasteiger partial charge is 0.222 e. The maximum Gasteiger partial charge on any atom is 0.222 e. The van der Waals surface area contributed by atoms with Crippen LogP contribution in [0, 0.1) is 5.92 Å². The molecule has 3 aliphatic rings. The normalized spacial score (nSPS) is 21.0. The third-order valence-electron chi connectivity index (χ3n) is 6.16. The Morgan fingerprint density at radius 2 is 2.00 bits per heavy atom. The highest BCUT2D eigenvalue weighted by Gasteiger charge is 2.30. The van der Waals surface area contributed by atoms with Gasteiger partial charge in [-0.05, 0) is 50.5 Å². The molecule has 0 unspecified atom stereocenters. The van der Waals surface area contributed by atoms with Gasteiger partial charge in [0.15, 0.2) is 0 Å². The van der Waals surface area contributed by atoms with Gasteiger partial charge in [0.1, 0.15) is 11.9 Å². The van der Waals surface area contributed by atoms with E-state index in [9.17, 15) is 5.11 Å². The summed E-state index contributed by atoms with van der Waals surface area (Å²) in [6.45, 7) is 2.58. The van der Waals surface area contributed by atoms with Gasteiger partial charge in [-0.25, -0.2) is 4.98 Å². The number of aromatic nitrogens is 4. The minimum absolute atomic E-state index is 0.375. The van der Waals surface area contributed by atoms with E-state index in [-0.39, 0.29) is 0 Å². The lowest BCUT2D eigenvalue weighted by Gasteiger charge is -2.29. The molecule has 0 bridgehead atoms. The number of fused-ring (bicyclic) bond motifs is 2. The number of nitrogen functional groups attached to an aromatic ring is 1. The van der Waals surface area contributed by atoms with Gasteiger partial charge in [-0.1, -0.05) is 6.42 Å². The standard InChI is InChI=1S/C19H26N6O/c20-19-21-15-7-2-6-14(15)18(22-19)24-8-3-9-25-13(11-24)10-16(23-25)17(26)12-4-1-5-12/h10,12,17,26H,1-9,11H2,(H2,20,21,22)/t17-/m1/s1. The van der Waals surface area contributed by atoms with Crippen molar-refractivity contribution in [3.63, 3.8) is 0 Å². The van der Waals surface area contributed by atoms with Crippen LogP contribution in [-0.4, -0.2) is 31.4 Å². The second-order valence-electron chi connectivity index (χ2n) is 7.88. The zero-order valence-electron chi connectivity index (χ0n) is 15.1. The molecule has 2 aromatic rings. The van der Waals surface area contributed by atoms with Gasteiger partial charge >= 0.3 is 0 Å². The summed E-state index contributed by atoms with van der Waals surface area (Å²) in [5.74, 6) is 1.76. The van der Waals surface area contributed by atoms with E-state index in [1.54, 1.807) is 0 Å². The maximum absolute atomic E-state index is 10.6. The Balaban J connectivity index is 1.45. The van der Waals surface area contributed by atoms with Crippen molar-refractivity contribution in [3.05, 3.63) is 28.7 Å². The summed E-state index contributed by atoms with van der Waals surface area (Å²) in [5.41, 5.74) is 10.3. The lowest BCUT2D eigenvalue weighted by molar-refractivity contribution is 0.0581. The first-order chi connectivity index (χ1) is 12.7. The van der Waals surface area contributed by atoms with Crippen molar-refractivity contribution in [2.75, 3.05) is 17.2 Å². The molecule has 26 heavy (non-hydrogen) atoms. The van der Waals surface area contributed by atoms with Crippen LogP contribution < -0.4 is 10.6 Å². The van der Waals surface area contributed by atoms with Crippen LogP contribution in [0.4, 0.5) is 11.8 Å². The van der Waals surface area contributed by atoms with Crippen LogP contribution in [0.1, 0.15) is 60.9 Å².